The number of nitrogens with one attached hydrogen (secondary N) is 1. The number of benzene rings is 2. The zero-order valence-electron chi connectivity index (χ0n) is 14.1. The molecule has 1 aliphatic carbocycles. The van der Waals surface area contributed by atoms with E-state index in [1.807, 2.05) is 56.6 Å². The third-order valence-electron chi connectivity index (χ3n) is 4.85. The van der Waals surface area contributed by atoms with Gasteiger partial charge in [-0.2, -0.15) is 0 Å². The van der Waals surface area contributed by atoms with Gasteiger partial charge in [0, 0.05) is 11.6 Å². The smallest absolute Gasteiger partial charge is 0.230 e. The number of amides is 1. The van der Waals surface area contributed by atoms with E-state index in [0.29, 0.717) is 11.6 Å². The first-order valence-corrected chi connectivity index (χ1v) is 8.66. The van der Waals surface area contributed by atoms with Crippen LogP contribution in [0.5, 0.6) is 0 Å². The van der Waals surface area contributed by atoms with Crippen LogP contribution in [0.1, 0.15) is 30.0 Å². The van der Waals surface area contributed by atoms with Crippen LogP contribution < -0.4 is 5.32 Å². The van der Waals surface area contributed by atoms with Crippen LogP contribution in [-0.2, 0) is 10.2 Å². The van der Waals surface area contributed by atoms with Gasteiger partial charge >= 0.3 is 0 Å². The summed E-state index contributed by atoms with van der Waals surface area (Å²) < 4.78 is 0. The fourth-order valence-electron chi connectivity index (χ4n) is 3.17. The Morgan fingerprint density at radius 3 is 2.29 bits per heavy atom. The van der Waals surface area contributed by atoms with Gasteiger partial charge < -0.3 is 10.2 Å². The quantitative estimate of drug-likeness (QED) is 0.866. The summed E-state index contributed by atoms with van der Waals surface area (Å²) in [5.74, 6) is 0.118. The van der Waals surface area contributed by atoms with Crippen LogP contribution in [0.4, 0.5) is 0 Å². The molecule has 0 saturated heterocycles. The van der Waals surface area contributed by atoms with Gasteiger partial charge in [-0.25, -0.2) is 0 Å². The van der Waals surface area contributed by atoms with E-state index < -0.39 is 0 Å². The fourth-order valence-corrected chi connectivity index (χ4v) is 3.30. The Bertz CT molecular complexity index is 693. The van der Waals surface area contributed by atoms with Gasteiger partial charge in [0.25, 0.3) is 0 Å². The Kier molecular flexibility index (Phi) is 4.93. The number of carbonyl (C=O) groups excluding carboxylic acids is 1. The van der Waals surface area contributed by atoms with Gasteiger partial charge in [0.15, 0.2) is 0 Å². The van der Waals surface area contributed by atoms with E-state index in [4.69, 9.17) is 11.6 Å². The van der Waals surface area contributed by atoms with E-state index in [0.717, 1.165) is 18.4 Å². The minimum Gasteiger partial charge on any atom is -0.353 e. The number of halogens is 1. The Balaban J connectivity index is 1.69. The molecule has 126 valence electrons. The highest BCUT2D eigenvalue weighted by Crippen LogP contribution is 2.48. The predicted molar refractivity (Wildman–Crippen MR) is 98.2 cm³/mol. The molecule has 1 fully saturated rings. The lowest BCUT2D eigenvalue weighted by Gasteiger charge is -2.26. The number of hydrogen-bond donors (Lipinski definition) is 1. The number of hydrogen-bond acceptors (Lipinski definition) is 2. The maximum absolute atomic E-state index is 12.8. The monoisotopic (exact) mass is 342 g/mol. The van der Waals surface area contributed by atoms with Gasteiger partial charge in [-0.3, -0.25) is 4.79 Å². The molecule has 1 atom stereocenters. The molecule has 3 nitrogen and oxygen atoms in total. The molecule has 1 amide bonds. The van der Waals surface area contributed by atoms with Crippen LogP contribution in [0.3, 0.4) is 0 Å². The SMILES string of the molecule is CN(C)C(CNC(=O)C1(c2ccc(Cl)cc2)CC1)c1ccccc1. The molecule has 0 bridgehead atoms. The minimum absolute atomic E-state index is 0.118. The van der Waals surface area contributed by atoms with Gasteiger partial charge in [-0.15, -0.1) is 0 Å². The fraction of sp³-hybridized carbons (Fsp3) is 0.350. The third-order valence-corrected chi connectivity index (χ3v) is 5.10. The average molecular weight is 343 g/mol. The molecule has 24 heavy (non-hydrogen) atoms. The Labute approximate surface area is 148 Å². The van der Waals surface area contributed by atoms with Gasteiger partial charge in [-0.1, -0.05) is 54.1 Å². The summed E-state index contributed by atoms with van der Waals surface area (Å²) >= 11 is 5.96. The maximum atomic E-state index is 12.8. The van der Waals surface area contributed by atoms with Crippen molar-refractivity contribution in [1.29, 1.82) is 0 Å². The molecule has 0 spiro atoms. The molecule has 2 aromatic rings. The van der Waals surface area contributed by atoms with Crippen LogP contribution >= 0.6 is 11.6 Å². The lowest BCUT2D eigenvalue weighted by Crippen LogP contribution is -2.40. The highest BCUT2D eigenvalue weighted by atomic mass is 35.5. The molecule has 4 heteroatoms. The Morgan fingerprint density at radius 2 is 1.75 bits per heavy atom. The second kappa shape index (κ2) is 6.96. The number of rotatable bonds is 6. The summed E-state index contributed by atoms with van der Waals surface area (Å²) in [5, 5.41) is 3.87. The Morgan fingerprint density at radius 1 is 1.12 bits per heavy atom. The average Bonchev–Trinajstić information content (AvgIpc) is 3.38. The van der Waals surface area contributed by atoms with E-state index in [9.17, 15) is 4.79 Å². The first kappa shape index (κ1) is 17.0. The first-order valence-electron chi connectivity index (χ1n) is 8.29. The molecule has 3 rings (SSSR count). The highest BCUT2D eigenvalue weighted by Gasteiger charge is 2.51. The maximum Gasteiger partial charge on any atom is 0.230 e. The van der Waals surface area contributed by atoms with E-state index in [-0.39, 0.29) is 17.4 Å². The summed E-state index contributed by atoms with van der Waals surface area (Å²) in [4.78, 5) is 14.9. The molecule has 1 unspecified atom stereocenters. The molecule has 2 aromatic carbocycles. The van der Waals surface area contributed by atoms with E-state index in [1.165, 1.54) is 5.56 Å². The zero-order chi connectivity index (χ0) is 17.2. The van der Waals surface area contributed by atoms with Gasteiger partial charge in [-0.05, 0) is 50.2 Å². The zero-order valence-corrected chi connectivity index (χ0v) is 14.9. The van der Waals surface area contributed by atoms with Crippen molar-refractivity contribution in [2.75, 3.05) is 20.6 Å². The van der Waals surface area contributed by atoms with E-state index >= 15 is 0 Å². The van der Waals surface area contributed by atoms with E-state index in [1.54, 1.807) is 0 Å². The van der Waals surface area contributed by atoms with Crippen molar-refractivity contribution in [1.82, 2.24) is 10.2 Å². The van der Waals surface area contributed by atoms with Crippen LogP contribution in [0, 0.1) is 0 Å². The summed E-state index contributed by atoms with van der Waals surface area (Å²) in [6.45, 7) is 0.602. The highest BCUT2D eigenvalue weighted by molar-refractivity contribution is 6.30. The molecule has 0 heterocycles. The topological polar surface area (TPSA) is 32.3 Å². The Hall–Kier alpha value is -1.84. The molecular weight excluding hydrogens is 320 g/mol. The molecule has 0 radical (unpaired) electrons. The van der Waals surface area contributed by atoms with Gasteiger partial charge in [0.05, 0.1) is 11.5 Å². The standard InChI is InChI=1S/C20H23ClN2O/c1-23(2)18(15-6-4-3-5-7-15)14-22-19(24)20(12-13-20)16-8-10-17(21)11-9-16/h3-11,18H,12-14H2,1-2H3,(H,22,24). The second-order valence-corrected chi connectivity index (χ2v) is 7.13. The molecule has 1 aliphatic rings. The normalized spacial score (nSPS) is 16.7. The lowest BCUT2D eigenvalue weighted by atomic mass is 9.94. The lowest BCUT2D eigenvalue weighted by molar-refractivity contribution is -0.123. The number of carbonyl (C=O) groups is 1. The largest absolute Gasteiger partial charge is 0.353 e. The second-order valence-electron chi connectivity index (χ2n) is 6.69. The van der Waals surface area contributed by atoms with Crippen LogP contribution in [0.2, 0.25) is 5.02 Å². The van der Waals surface area contributed by atoms with Crippen LogP contribution in [-0.4, -0.2) is 31.4 Å². The molecule has 1 saturated carbocycles. The summed E-state index contributed by atoms with van der Waals surface area (Å²) in [6, 6.07) is 18.1. The summed E-state index contributed by atoms with van der Waals surface area (Å²) in [7, 11) is 4.08. The van der Waals surface area contributed by atoms with Gasteiger partial charge in [0.1, 0.15) is 0 Å². The first-order chi connectivity index (χ1) is 11.5. The molecular formula is C20H23ClN2O. The van der Waals surface area contributed by atoms with Crippen LogP contribution in [0.25, 0.3) is 0 Å². The molecule has 0 aliphatic heterocycles. The summed E-state index contributed by atoms with van der Waals surface area (Å²) in [5.41, 5.74) is 1.91. The van der Waals surface area contributed by atoms with Crippen molar-refractivity contribution in [3.05, 3.63) is 70.7 Å². The van der Waals surface area contributed by atoms with Crippen molar-refractivity contribution in [2.24, 2.45) is 0 Å². The summed E-state index contributed by atoms with van der Waals surface area (Å²) in [6.07, 6.45) is 1.80. The van der Waals surface area contributed by atoms with Gasteiger partial charge in [0.2, 0.25) is 5.91 Å². The van der Waals surface area contributed by atoms with Crippen molar-refractivity contribution in [3.8, 4) is 0 Å². The van der Waals surface area contributed by atoms with Crippen molar-refractivity contribution in [3.63, 3.8) is 0 Å². The van der Waals surface area contributed by atoms with Crippen molar-refractivity contribution >= 4 is 17.5 Å². The molecule has 0 aromatic heterocycles. The third kappa shape index (κ3) is 3.47. The number of likely N-dealkylation sites (N-methyl/N-ethyl adjacent to an activating group) is 1. The van der Waals surface area contributed by atoms with Crippen molar-refractivity contribution in [2.45, 2.75) is 24.3 Å². The molecule has 1 N–H and O–H groups in total. The van der Waals surface area contributed by atoms with Crippen molar-refractivity contribution < 1.29 is 4.79 Å². The predicted octanol–water partition coefficient (Wildman–Crippen LogP) is 3.79. The van der Waals surface area contributed by atoms with E-state index in [2.05, 4.69) is 22.3 Å². The number of nitrogens with zero attached hydrogens (tertiary/aromatic N) is 1. The minimum atomic E-state index is -0.363. The van der Waals surface area contributed by atoms with Crippen LogP contribution in [0.15, 0.2) is 54.6 Å².